The van der Waals surface area contributed by atoms with Crippen molar-refractivity contribution in [3.05, 3.63) is 33.3 Å². The van der Waals surface area contributed by atoms with Crippen molar-refractivity contribution < 1.29 is 4.92 Å². The van der Waals surface area contributed by atoms with Gasteiger partial charge in [-0.05, 0) is 26.1 Å². The molecule has 0 spiro atoms. The van der Waals surface area contributed by atoms with E-state index in [1.165, 1.54) is 6.07 Å². The average Bonchev–Trinajstić information content (AvgIpc) is 2.67. The van der Waals surface area contributed by atoms with Gasteiger partial charge in [-0.25, -0.2) is 0 Å². The second kappa shape index (κ2) is 4.89. The first-order valence-corrected chi connectivity index (χ1v) is 5.83. The molecule has 1 fully saturated rings. The fourth-order valence-corrected chi connectivity index (χ4v) is 2.29. The van der Waals surface area contributed by atoms with Gasteiger partial charge >= 0.3 is 0 Å². The lowest BCUT2D eigenvalue weighted by Gasteiger charge is -2.15. The number of nitrogens with zero attached hydrogens (tertiary/aromatic N) is 2. The van der Waals surface area contributed by atoms with Gasteiger partial charge in [-0.1, -0.05) is 17.7 Å². The maximum atomic E-state index is 10.9. The molecular formula is C11H14ClN3O2. The molecule has 0 aliphatic carbocycles. The molecule has 1 aliphatic heterocycles. The molecule has 0 radical (unpaired) electrons. The van der Waals surface area contributed by atoms with Crippen molar-refractivity contribution in [2.24, 2.45) is 0 Å². The summed E-state index contributed by atoms with van der Waals surface area (Å²) in [6, 6.07) is 4.94. The van der Waals surface area contributed by atoms with Crippen LogP contribution >= 0.6 is 11.6 Å². The number of anilines is 1. The van der Waals surface area contributed by atoms with Crippen LogP contribution in [-0.4, -0.2) is 36.0 Å². The molecule has 0 bridgehead atoms. The summed E-state index contributed by atoms with van der Waals surface area (Å²) in [6.45, 7) is 1.87. The fourth-order valence-electron chi connectivity index (χ4n) is 2.06. The Kier molecular flexibility index (Phi) is 3.49. The van der Waals surface area contributed by atoms with Crippen molar-refractivity contribution in [2.75, 3.05) is 25.5 Å². The van der Waals surface area contributed by atoms with E-state index in [1.54, 1.807) is 12.1 Å². The van der Waals surface area contributed by atoms with Gasteiger partial charge in [-0.3, -0.25) is 10.1 Å². The minimum Gasteiger partial charge on any atom is -0.374 e. The Bertz CT molecular complexity index is 439. The molecule has 1 saturated heterocycles. The van der Waals surface area contributed by atoms with Gasteiger partial charge in [0.1, 0.15) is 5.69 Å². The number of nitro groups is 1. The lowest BCUT2D eigenvalue weighted by Crippen LogP contribution is -2.24. The van der Waals surface area contributed by atoms with Crippen LogP contribution in [0, 0.1) is 10.1 Å². The van der Waals surface area contributed by atoms with E-state index in [9.17, 15) is 10.1 Å². The minimum atomic E-state index is -0.410. The SMILES string of the molecule is CN1CCC(Nc2c(Cl)cccc2[N+](=O)[O-])C1. The summed E-state index contributed by atoms with van der Waals surface area (Å²) in [5, 5.41) is 14.5. The van der Waals surface area contributed by atoms with Crippen LogP contribution < -0.4 is 5.32 Å². The molecule has 2 rings (SSSR count). The van der Waals surface area contributed by atoms with E-state index >= 15 is 0 Å². The molecule has 0 amide bonds. The quantitative estimate of drug-likeness (QED) is 0.665. The highest BCUT2D eigenvalue weighted by Crippen LogP contribution is 2.33. The van der Waals surface area contributed by atoms with Crippen LogP contribution in [0.4, 0.5) is 11.4 Å². The van der Waals surface area contributed by atoms with Gasteiger partial charge in [0.2, 0.25) is 0 Å². The van der Waals surface area contributed by atoms with E-state index in [4.69, 9.17) is 11.6 Å². The van der Waals surface area contributed by atoms with Crippen LogP contribution in [-0.2, 0) is 0 Å². The molecule has 1 atom stereocenters. The Balaban J connectivity index is 2.22. The molecule has 1 unspecified atom stereocenters. The molecule has 1 aliphatic rings. The van der Waals surface area contributed by atoms with Gasteiger partial charge in [0.05, 0.1) is 9.95 Å². The Labute approximate surface area is 105 Å². The van der Waals surface area contributed by atoms with Crippen molar-refractivity contribution in [2.45, 2.75) is 12.5 Å². The molecule has 1 N–H and O–H groups in total. The molecule has 17 heavy (non-hydrogen) atoms. The number of nitrogens with one attached hydrogen (secondary N) is 1. The first kappa shape index (κ1) is 12.1. The minimum absolute atomic E-state index is 0.0343. The number of nitro benzene ring substituents is 1. The second-order valence-corrected chi connectivity index (χ2v) is 4.69. The summed E-state index contributed by atoms with van der Waals surface area (Å²) in [4.78, 5) is 12.7. The fraction of sp³-hybridized carbons (Fsp3) is 0.455. The van der Waals surface area contributed by atoms with Crippen LogP contribution in [0.5, 0.6) is 0 Å². The van der Waals surface area contributed by atoms with Crippen LogP contribution in [0.25, 0.3) is 0 Å². The van der Waals surface area contributed by atoms with Crippen LogP contribution in [0.15, 0.2) is 18.2 Å². The van der Waals surface area contributed by atoms with Gasteiger partial charge in [0.25, 0.3) is 5.69 Å². The van der Waals surface area contributed by atoms with Gasteiger partial charge in [0.15, 0.2) is 0 Å². The van der Waals surface area contributed by atoms with Crippen LogP contribution in [0.2, 0.25) is 5.02 Å². The maximum Gasteiger partial charge on any atom is 0.293 e. The monoisotopic (exact) mass is 255 g/mol. The topological polar surface area (TPSA) is 58.4 Å². The average molecular weight is 256 g/mol. The van der Waals surface area contributed by atoms with Gasteiger partial charge in [0, 0.05) is 18.7 Å². The number of hydrogen-bond acceptors (Lipinski definition) is 4. The lowest BCUT2D eigenvalue weighted by atomic mass is 10.2. The molecule has 0 aromatic heterocycles. The third-order valence-corrected chi connectivity index (χ3v) is 3.24. The number of hydrogen-bond donors (Lipinski definition) is 1. The third kappa shape index (κ3) is 2.68. The predicted molar refractivity (Wildman–Crippen MR) is 67.6 cm³/mol. The van der Waals surface area contributed by atoms with Crippen molar-refractivity contribution in [1.29, 1.82) is 0 Å². The zero-order chi connectivity index (χ0) is 12.4. The normalized spacial score (nSPS) is 20.5. The summed E-state index contributed by atoms with van der Waals surface area (Å²) in [6.07, 6.45) is 0.971. The smallest absolute Gasteiger partial charge is 0.293 e. The molecule has 1 heterocycles. The highest BCUT2D eigenvalue weighted by Gasteiger charge is 2.24. The number of likely N-dealkylation sites (N-methyl/N-ethyl adjacent to an activating group) is 1. The van der Waals surface area contributed by atoms with Crippen molar-refractivity contribution in [3.8, 4) is 0 Å². The number of para-hydroxylation sites is 1. The zero-order valence-corrected chi connectivity index (χ0v) is 10.3. The van der Waals surface area contributed by atoms with Gasteiger partial charge in [-0.2, -0.15) is 0 Å². The summed E-state index contributed by atoms with van der Waals surface area (Å²) in [5.74, 6) is 0. The van der Waals surface area contributed by atoms with E-state index in [0.29, 0.717) is 10.7 Å². The summed E-state index contributed by atoms with van der Waals surface area (Å²) in [7, 11) is 2.03. The lowest BCUT2D eigenvalue weighted by molar-refractivity contribution is -0.384. The Morgan fingerprint density at radius 2 is 2.35 bits per heavy atom. The summed E-state index contributed by atoms with van der Waals surface area (Å²) >= 11 is 6.01. The molecule has 5 nitrogen and oxygen atoms in total. The first-order valence-electron chi connectivity index (χ1n) is 5.46. The van der Waals surface area contributed by atoms with Crippen molar-refractivity contribution >= 4 is 23.0 Å². The van der Waals surface area contributed by atoms with Gasteiger partial charge in [-0.15, -0.1) is 0 Å². The van der Waals surface area contributed by atoms with Gasteiger partial charge < -0.3 is 10.2 Å². The standard InChI is InChI=1S/C11H14ClN3O2/c1-14-6-5-8(7-14)13-11-9(12)3-2-4-10(11)15(16)17/h2-4,8,13H,5-7H2,1H3. The Morgan fingerprint density at radius 1 is 1.59 bits per heavy atom. The molecule has 92 valence electrons. The molecular weight excluding hydrogens is 242 g/mol. The Morgan fingerprint density at radius 3 is 2.94 bits per heavy atom. The van der Waals surface area contributed by atoms with E-state index in [1.807, 2.05) is 7.05 Å². The summed E-state index contributed by atoms with van der Waals surface area (Å²) in [5.41, 5.74) is 0.464. The van der Waals surface area contributed by atoms with Crippen molar-refractivity contribution in [3.63, 3.8) is 0 Å². The molecule has 1 aromatic rings. The predicted octanol–water partition coefficient (Wildman–Crippen LogP) is 2.36. The van der Waals surface area contributed by atoms with E-state index < -0.39 is 4.92 Å². The Hall–Kier alpha value is -1.33. The highest BCUT2D eigenvalue weighted by atomic mass is 35.5. The van der Waals surface area contributed by atoms with Crippen LogP contribution in [0.1, 0.15) is 6.42 Å². The van der Waals surface area contributed by atoms with E-state index in [-0.39, 0.29) is 11.7 Å². The number of benzene rings is 1. The highest BCUT2D eigenvalue weighted by molar-refractivity contribution is 6.33. The first-order chi connectivity index (χ1) is 8.08. The second-order valence-electron chi connectivity index (χ2n) is 4.28. The largest absolute Gasteiger partial charge is 0.374 e. The molecule has 6 heteroatoms. The maximum absolute atomic E-state index is 10.9. The zero-order valence-electron chi connectivity index (χ0n) is 9.52. The number of rotatable bonds is 3. The van der Waals surface area contributed by atoms with E-state index in [0.717, 1.165) is 19.5 Å². The molecule has 0 saturated carbocycles. The molecule has 1 aromatic carbocycles. The number of likely N-dealkylation sites (tertiary alicyclic amines) is 1. The third-order valence-electron chi connectivity index (χ3n) is 2.93. The van der Waals surface area contributed by atoms with Crippen molar-refractivity contribution in [1.82, 2.24) is 4.90 Å². The van der Waals surface area contributed by atoms with Crippen LogP contribution in [0.3, 0.4) is 0 Å². The van der Waals surface area contributed by atoms with E-state index in [2.05, 4.69) is 10.2 Å². The number of halogens is 1. The summed E-state index contributed by atoms with van der Waals surface area (Å²) < 4.78 is 0.